The maximum Gasteiger partial charge on any atom is 0.137 e. The Bertz CT molecular complexity index is 317. The van der Waals surface area contributed by atoms with Crippen LogP contribution in [0.5, 0.6) is 0 Å². The third kappa shape index (κ3) is 3.40. The second kappa shape index (κ2) is 6.17. The highest BCUT2D eigenvalue weighted by molar-refractivity contribution is 9.10. The number of hydrogen-bond donors (Lipinski definition) is 1. The summed E-state index contributed by atoms with van der Waals surface area (Å²) < 4.78 is 13.3. The summed E-state index contributed by atoms with van der Waals surface area (Å²) in [6, 6.07) is 4.69. The fraction of sp³-hybridized carbons (Fsp3) is 0.200. The first-order chi connectivity index (χ1) is 6.15. The summed E-state index contributed by atoms with van der Waals surface area (Å²) in [5, 5.41) is 0. The summed E-state index contributed by atoms with van der Waals surface area (Å²) in [4.78, 5) is 0. The van der Waals surface area contributed by atoms with Crippen molar-refractivity contribution in [1.29, 1.82) is 0 Å². The molecule has 0 aromatic heterocycles. The van der Waals surface area contributed by atoms with E-state index in [0.717, 1.165) is 5.56 Å². The lowest BCUT2D eigenvalue weighted by molar-refractivity contribution is 0.618. The first-order valence-electron chi connectivity index (χ1n) is 3.96. The molecule has 0 aliphatic carbocycles. The molecule has 1 aromatic carbocycles. The average molecular weight is 281 g/mol. The minimum absolute atomic E-state index is 0. The lowest BCUT2D eigenvalue weighted by Gasteiger charge is -2.09. The molecule has 2 N–H and O–H groups in total. The normalized spacial score (nSPS) is 11.6. The zero-order valence-electron chi connectivity index (χ0n) is 7.54. The highest BCUT2D eigenvalue weighted by atomic mass is 79.9. The average Bonchev–Trinajstić information content (AvgIpc) is 2.10. The van der Waals surface area contributed by atoms with E-state index in [4.69, 9.17) is 5.73 Å². The van der Waals surface area contributed by atoms with Gasteiger partial charge >= 0.3 is 0 Å². The van der Waals surface area contributed by atoms with E-state index in [0.29, 0.717) is 10.9 Å². The highest BCUT2D eigenvalue weighted by Gasteiger charge is 2.06. The summed E-state index contributed by atoms with van der Waals surface area (Å²) in [6.45, 7) is 3.60. The molecule has 0 radical (unpaired) electrons. The molecule has 0 aliphatic heterocycles. The molecule has 14 heavy (non-hydrogen) atoms. The van der Waals surface area contributed by atoms with Crippen LogP contribution in [0.1, 0.15) is 18.0 Å². The Labute approximate surface area is 97.7 Å². The first-order valence-corrected chi connectivity index (χ1v) is 4.76. The number of nitrogens with two attached hydrogens (primary N) is 1. The molecule has 0 unspecified atom stereocenters. The Balaban J connectivity index is 0.00000169. The summed E-state index contributed by atoms with van der Waals surface area (Å²) in [7, 11) is 0. The second-order valence-electron chi connectivity index (χ2n) is 2.80. The van der Waals surface area contributed by atoms with Crippen molar-refractivity contribution in [3.8, 4) is 0 Å². The Morgan fingerprint density at radius 1 is 1.57 bits per heavy atom. The lowest BCUT2D eigenvalue weighted by Crippen LogP contribution is -2.08. The van der Waals surface area contributed by atoms with Gasteiger partial charge in [0.1, 0.15) is 5.82 Å². The largest absolute Gasteiger partial charge is 0.324 e. The summed E-state index contributed by atoms with van der Waals surface area (Å²) in [5.41, 5.74) is 6.72. The van der Waals surface area contributed by atoms with E-state index in [1.54, 1.807) is 18.2 Å². The molecule has 0 aliphatic rings. The van der Waals surface area contributed by atoms with Gasteiger partial charge in [0.05, 0.1) is 4.47 Å². The minimum Gasteiger partial charge on any atom is -0.324 e. The van der Waals surface area contributed by atoms with Crippen LogP contribution in [0.25, 0.3) is 0 Å². The van der Waals surface area contributed by atoms with Crippen molar-refractivity contribution in [1.82, 2.24) is 0 Å². The zero-order chi connectivity index (χ0) is 9.84. The Morgan fingerprint density at radius 2 is 2.21 bits per heavy atom. The molecule has 78 valence electrons. The van der Waals surface area contributed by atoms with Crippen LogP contribution in [0.4, 0.5) is 4.39 Å². The SMILES string of the molecule is C=CC[C@@H](N)c1ccc(F)c(Br)c1.Cl. The van der Waals surface area contributed by atoms with Gasteiger partial charge in [-0.3, -0.25) is 0 Å². The van der Waals surface area contributed by atoms with Gasteiger partial charge < -0.3 is 5.73 Å². The molecular formula is C10H12BrClFN. The summed E-state index contributed by atoms with van der Waals surface area (Å²) >= 11 is 3.11. The molecule has 1 atom stereocenters. The first kappa shape index (κ1) is 13.6. The van der Waals surface area contributed by atoms with E-state index in [2.05, 4.69) is 22.5 Å². The van der Waals surface area contributed by atoms with Gasteiger partial charge in [-0.05, 0) is 40.0 Å². The topological polar surface area (TPSA) is 26.0 Å². The standard InChI is InChI=1S/C10H11BrFN.ClH/c1-2-3-10(13)7-4-5-9(12)8(11)6-7;/h2,4-6,10H,1,3,13H2;1H/t10-;/m1./s1. The molecule has 0 saturated carbocycles. The van der Waals surface area contributed by atoms with Gasteiger partial charge in [-0.25, -0.2) is 4.39 Å². The van der Waals surface area contributed by atoms with Crippen molar-refractivity contribution < 1.29 is 4.39 Å². The molecule has 1 nitrogen and oxygen atoms in total. The van der Waals surface area contributed by atoms with Crippen LogP contribution in [0, 0.1) is 5.82 Å². The number of benzene rings is 1. The minimum atomic E-state index is -0.269. The molecule has 1 aromatic rings. The predicted molar refractivity (Wildman–Crippen MR) is 63.1 cm³/mol. The Kier molecular flexibility index (Phi) is 6.00. The van der Waals surface area contributed by atoms with Crippen LogP contribution >= 0.6 is 28.3 Å². The van der Waals surface area contributed by atoms with Crippen LogP contribution in [0.15, 0.2) is 35.3 Å². The fourth-order valence-corrected chi connectivity index (χ4v) is 1.46. The van der Waals surface area contributed by atoms with E-state index in [-0.39, 0.29) is 24.3 Å². The monoisotopic (exact) mass is 279 g/mol. The molecule has 0 spiro atoms. The van der Waals surface area contributed by atoms with Gasteiger partial charge in [0.2, 0.25) is 0 Å². The maximum absolute atomic E-state index is 12.8. The van der Waals surface area contributed by atoms with Crippen molar-refractivity contribution in [2.24, 2.45) is 5.73 Å². The number of rotatable bonds is 3. The van der Waals surface area contributed by atoms with Gasteiger partial charge in [-0.1, -0.05) is 12.1 Å². The molecule has 1 rings (SSSR count). The molecule has 0 amide bonds. The smallest absolute Gasteiger partial charge is 0.137 e. The van der Waals surface area contributed by atoms with E-state index in [1.807, 2.05) is 0 Å². The lowest BCUT2D eigenvalue weighted by atomic mass is 10.1. The van der Waals surface area contributed by atoms with Crippen molar-refractivity contribution in [3.63, 3.8) is 0 Å². The van der Waals surface area contributed by atoms with Crippen LogP contribution < -0.4 is 5.73 Å². The van der Waals surface area contributed by atoms with E-state index >= 15 is 0 Å². The van der Waals surface area contributed by atoms with Crippen LogP contribution in [-0.4, -0.2) is 0 Å². The third-order valence-corrected chi connectivity index (χ3v) is 2.40. The van der Waals surface area contributed by atoms with E-state index in [1.165, 1.54) is 6.07 Å². The molecule has 4 heteroatoms. The van der Waals surface area contributed by atoms with Gasteiger partial charge in [-0.15, -0.1) is 19.0 Å². The van der Waals surface area contributed by atoms with Gasteiger partial charge in [0.15, 0.2) is 0 Å². The van der Waals surface area contributed by atoms with Crippen molar-refractivity contribution in [2.75, 3.05) is 0 Å². The number of hydrogen-bond acceptors (Lipinski definition) is 1. The predicted octanol–water partition coefficient (Wildman–Crippen LogP) is 3.59. The van der Waals surface area contributed by atoms with Crippen molar-refractivity contribution in [2.45, 2.75) is 12.5 Å². The van der Waals surface area contributed by atoms with Crippen LogP contribution in [0.2, 0.25) is 0 Å². The van der Waals surface area contributed by atoms with Gasteiger partial charge in [0.25, 0.3) is 0 Å². The molecule has 0 fully saturated rings. The van der Waals surface area contributed by atoms with Crippen LogP contribution in [0.3, 0.4) is 0 Å². The summed E-state index contributed by atoms with van der Waals surface area (Å²) in [6.07, 6.45) is 2.44. The quantitative estimate of drug-likeness (QED) is 0.841. The fourth-order valence-electron chi connectivity index (χ4n) is 1.06. The van der Waals surface area contributed by atoms with Gasteiger partial charge in [-0.2, -0.15) is 0 Å². The van der Waals surface area contributed by atoms with Crippen molar-refractivity contribution in [3.05, 3.63) is 46.7 Å². The van der Waals surface area contributed by atoms with Gasteiger partial charge in [0, 0.05) is 6.04 Å². The van der Waals surface area contributed by atoms with Crippen LogP contribution in [-0.2, 0) is 0 Å². The summed E-state index contributed by atoms with van der Waals surface area (Å²) in [5.74, 6) is -0.269. The third-order valence-electron chi connectivity index (χ3n) is 1.79. The maximum atomic E-state index is 12.8. The molecule has 0 bridgehead atoms. The molecular weight excluding hydrogens is 268 g/mol. The molecule has 0 heterocycles. The Morgan fingerprint density at radius 3 is 2.71 bits per heavy atom. The van der Waals surface area contributed by atoms with E-state index in [9.17, 15) is 4.39 Å². The highest BCUT2D eigenvalue weighted by Crippen LogP contribution is 2.21. The van der Waals surface area contributed by atoms with Crippen molar-refractivity contribution >= 4 is 28.3 Å². The van der Waals surface area contributed by atoms with E-state index < -0.39 is 0 Å². The number of halogens is 3. The second-order valence-corrected chi connectivity index (χ2v) is 3.66. The molecule has 0 saturated heterocycles. The zero-order valence-corrected chi connectivity index (χ0v) is 9.94. The Hall–Kier alpha value is -0.380.